The molecule has 0 aliphatic rings. The van der Waals surface area contributed by atoms with Gasteiger partial charge in [-0.25, -0.2) is 4.98 Å². The van der Waals surface area contributed by atoms with E-state index in [4.69, 9.17) is 0 Å². The fraction of sp³-hybridized carbons (Fsp3) is 0.438. The third-order valence-corrected chi connectivity index (χ3v) is 3.90. The highest BCUT2D eigenvalue weighted by molar-refractivity contribution is 7.09. The summed E-state index contributed by atoms with van der Waals surface area (Å²) >= 11 is 1.73. The molecule has 3 heteroatoms. The van der Waals surface area contributed by atoms with Crippen LogP contribution in [0.25, 0.3) is 11.3 Å². The van der Waals surface area contributed by atoms with Crippen molar-refractivity contribution in [1.82, 2.24) is 10.3 Å². The molecule has 1 aromatic heterocycles. The molecule has 0 fully saturated rings. The van der Waals surface area contributed by atoms with Crippen LogP contribution in [0.5, 0.6) is 0 Å². The van der Waals surface area contributed by atoms with Crippen molar-refractivity contribution in [2.75, 3.05) is 0 Å². The van der Waals surface area contributed by atoms with Gasteiger partial charge in [-0.05, 0) is 19.3 Å². The van der Waals surface area contributed by atoms with Gasteiger partial charge in [-0.15, -0.1) is 11.3 Å². The molecule has 1 unspecified atom stereocenters. The van der Waals surface area contributed by atoms with E-state index in [1.807, 2.05) is 6.07 Å². The molecule has 0 amide bonds. The third kappa shape index (κ3) is 4.44. The van der Waals surface area contributed by atoms with Crippen LogP contribution in [0, 0.1) is 5.92 Å². The van der Waals surface area contributed by atoms with Crippen LogP contribution in [0.3, 0.4) is 0 Å². The Morgan fingerprint density at radius 2 is 1.89 bits per heavy atom. The van der Waals surface area contributed by atoms with Gasteiger partial charge in [-0.2, -0.15) is 0 Å². The van der Waals surface area contributed by atoms with Gasteiger partial charge in [0.2, 0.25) is 0 Å². The van der Waals surface area contributed by atoms with Crippen LogP contribution in [0.15, 0.2) is 35.7 Å². The largest absolute Gasteiger partial charge is 0.308 e. The summed E-state index contributed by atoms with van der Waals surface area (Å²) in [4.78, 5) is 4.69. The quantitative estimate of drug-likeness (QED) is 0.848. The van der Waals surface area contributed by atoms with Crippen molar-refractivity contribution in [2.24, 2.45) is 5.92 Å². The van der Waals surface area contributed by atoms with Crippen molar-refractivity contribution in [3.05, 3.63) is 40.7 Å². The Bertz CT molecular complexity index is 490. The lowest BCUT2D eigenvalue weighted by atomic mass is 10.1. The van der Waals surface area contributed by atoms with Crippen molar-refractivity contribution in [3.8, 4) is 11.3 Å². The van der Waals surface area contributed by atoms with E-state index in [-0.39, 0.29) is 0 Å². The molecule has 2 rings (SSSR count). The molecule has 102 valence electrons. The van der Waals surface area contributed by atoms with Gasteiger partial charge in [0.15, 0.2) is 0 Å². The number of benzene rings is 1. The Morgan fingerprint density at radius 3 is 2.58 bits per heavy atom. The summed E-state index contributed by atoms with van der Waals surface area (Å²) in [6.45, 7) is 7.63. The van der Waals surface area contributed by atoms with Gasteiger partial charge < -0.3 is 5.32 Å². The van der Waals surface area contributed by atoms with E-state index >= 15 is 0 Å². The second-order valence-corrected chi connectivity index (χ2v) is 6.35. The minimum Gasteiger partial charge on any atom is -0.308 e. The molecule has 2 nitrogen and oxygen atoms in total. The molecule has 1 N–H and O–H groups in total. The van der Waals surface area contributed by atoms with E-state index in [0.717, 1.165) is 23.2 Å². The number of hydrogen-bond acceptors (Lipinski definition) is 3. The van der Waals surface area contributed by atoms with Gasteiger partial charge in [0.1, 0.15) is 5.01 Å². The third-order valence-electron chi connectivity index (χ3n) is 3.05. The Labute approximate surface area is 119 Å². The smallest absolute Gasteiger partial charge is 0.107 e. The van der Waals surface area contributed by atoms with Gasteiger partial charge in [-0.3, -0.25) is 0 Å². The van der Waals surface area contributed by atoms with E-state index in [2.05, 4.69) is 60.7 Å². The molecule has 0 aliphatic heterocycles. The summed E-state index contributed by atoms with van der Waals surface area (Å²) in [7, 11) is 0. The molecular weight excluding hydrogens is 252 g/mol. The van der Waals surface area contributed by atoms with Crippen molar-refractivity contribution in [1.29, 1.82) is 0 Å². The van der Waals surface area contributed by atoms with E-state index in [1.54, 1.807) is 11.3 Å². The monoisotopic (exact) mass is 274 g/mol. The Kier molecular flexibility index (Phi) is 5.11. The molecule has 0 saturated carbocycles. The van der Waals surface area contributed by atoms with Gasteiger partial charge in [0.25, 0.3) is 0 Å². The van der Waals surface area contributed by atoms with Crippen LogP contribution in [-0.2, 0) is 6.54 Å². The maximum Gasteiger partial charge on any atom is 0.107 e. The molecule has 1 atom stereocenters. The van der Waals surface area contributed by atoms with E-state index in [9.17, 15) is 0 Å². The first-order valence-corrected chi connectivity index (χ1v) is 7.76. The molecule has 0 saturated heterocycles. The van der Waals surface area contributed by atoms with Gasteiger partial charge in [0, 0.05) is 23.5 Å². The highest BCUT2D eigenvalue weighted by Gasteiger charge is 2.07. The lowest BCUT2D eigenvalue weighted by Crippen LogP contribution is -2.26. The summed E-state index contributed by atoms with van der Waals surface area (Å²) in [6.07, 6.45) is 1.21. The second-order valence-electron chi connectivity index (χ2n) is 5.40. The zero-order valence-electron chi connectivity index (χ0n) is 11.9. The average molecular weight is 274 g/mol. The highest BCUT2D eigenvalue weighted by Crippen LogP contribution is 2.21. The Balaban J connectivity index is 1.91. The lowest BCUT2D eigenvalue weighted by Gasteiger charge is -2.14. The van der Waals surface area contributed by atoms with Gasteiger partial charge in [-0.1, -0.05) is 44.2 Å². The van der Waals surface area contributed by atoms with E-state index in [0.29, 0.717) is 6.04 Å². The van der Waals surface area contributed by atoms with Crippen LogP contribution in [-0.4, -0.2) is 11.0 Å². The first kappa shape index (κ1) is 14.2. The first-order valence-electron chi connectivity index (χ1n) is 6.88. The number of nitrogens with one attached hydrogen (secondary N) is 1. The summed E-state index contributed by atoms with van der Waals surface area (Å²) < 4.78 is 0. The molecule has 0 bridgehead atoms. The normalized spacial score (nSPS) is 12.8. The van der Waals surface area contributed by atoms with Crippen molar-refractivity contribution >= 4 is 11.3 Å². The minimum absolute atomic E-state index is 0.545. The van der Waals surface area contributed by atoms with Crippen LogP contribution in [0.4, 0.5) is 0 Å². The predicted octanol–water partition coefficient (Wildman–Crippen LogP) is 4.33. The average Bonchev–Trinajstić information content (AvgIpc) is 2.85. The Morgan fingerprint density at radius 1 is 1.16 bits per heavy atom. The topological polar surface area (TPSA) is 24.9 Å². The van der Waals surface area contributed by atoms with E-state index in [1.165, 1.54) is 12.0 Å². The van der Waals surface area contributed by atoms with Crippen molar-refractivity contribution < 1.29 is 0 Å². The number of hydrogen-bond donors (Lipinski definition) is 1. The second kappa shape index (κ2) is 6.83. The maximum atomic E-state index is 4.69. The van der Waals surface area contributed by atoms with Crippen LogP contribution in [0.2, 0.25) is 0 Å². The standard InChI is InChI=1S/C16H22N2S/c1-12(2)9-13(3)17-10-16-18-15(11-19-16)14-7-5-4-6-8-14/h4-8,11-13,17H,9-10H2,1-3H3. The van der Waals surface area contributed by atoms with Gasteiger partial charge in [0.05, 0.1) is 5.69 Å². The zero-order valence-corrected chi connectivity index (χ0v) is 12.7. The van der Waals surface area contributed by atoms with Crippen LogP contribution < -0.4 is 5.32 Å². The molecule has 0 spiro atoms. The number of aromatic nitrogens is 1. The molecule has 1 heterocycles. The van der Waals surface area contributed by atoms with Crippen molar-refractivity contribution in [2.45, 2.75) is 39.8 Å². The first-order chi connectivity index (χ1) is 9.15. The number of nitrogens with zero attached hydrogens (tertiary/aromatic N) is 1. The predicted molar refractivity (Wildman–Crippen MR) is 83.3 cm³/mol. The summed E-state index contributed by atoms with van der Waals surface area (Å²) in [6, 6.07) is 10.9. The molecule has 1 aromatic carbocycles. The lowest BCUT2D eigenvalue weighted by molar-refractivity contribution is 0.441. The molecule has 0 aliphatic carbocycles. The van der Waals surface area contributed by atoms with Gasteiger partial charge >= 0.3 is 0 Å². The molecule has 19 heavy (non-hydrogen) atoms. The van der Waals surface area contributed by atoms with Crippen LogP contribution in [0.1, 0.15) is 32.2 Å². The summed E-state index contributed by atoms with van der Waals surface area (Å²) in [5, 5.41) is 6.84. The fourth-order valence-corrected chi connectivity index (χ4v) is 2.94. The van der Waals surface area contributed by atoms with Crippen molar-refractivity contribution in [3.63, 3.8) is 0 Å². The van der Waals surface area contributed by atoms with Crippen LogP contribution >= 0.6 is 11.3 Å². The summed E-state index contributed by atoms with van der Waals surface area (Å²) in [5.74, 6) is 0.735. The minimum atomic E-state index is 0.545. The zero-order chi connectivity index (χ0) is 13.7. The SMILES string of the molecule is CC(C)CC(C)NCc1nc(-c2ccccc2)cs1. The highest BCUT2D eigenvalue weighted by atomic mass is 32.1. The maximum absolute atomic E-state index is 4.69. The molecule has 2 aromatic rings. The molecular formula is C16H22N2S. The number of rotatable bonds is 6. The Hall–Kier alpha value is -1.19. The summed E-state index contributed by atoms with van der Waals surface area (Å²) in [5.41, 5.74) is 2.28. The van der Waals surface area contributed by atoms with E-state index < -0.39 is 0 Å². The number of thiazole rings is 1. The molecule has 0 radical (unpaired) electrons. The fourth-order valence-electron chi connectivity index (χ4n) is 2.19.